The van der Waals surface area contributed by atoms with Crippen molar-refractivity contribution in [3.05, 3.63) is 102 Å². The molecule has 7 rings (SSSR count). The first-order valence-corrected chi connectivity index (χ1v) is 15.4. The highest BCUT2D eigenvalue weighted by Crippen LogP contribution is 2.43. The van der Waals surface area contributed by atoms with Gasteiger partial charge in [0.25, 0.3) is 29.2 Å². The SMILES string of the molecule is CN1C(=O)C(=C2N=C(Nc3ccccc3)c3cc4c(cc32)C(c2c(O)n(C)c(=O)n(C)c2=O)=NC4=C2C(=O)N(C)C(=O)N(C)C2=O)C(=O)N(C)C1=O. The topological polar surface area (TPSA) is 216 Å². The second-order valence-electron chi connectivity index (χ2n) is 12.2. The molecule has 8 amide bonds. The van der Waals surface area contributed by atoms with Crippen LogP contribution in [0.15, 0.2) is 73.2 Å². The number of carbonyl (C=O) groups is 6. The number of aromatic nitrogens is 2. The van der Waals surface area contributed by atoms with E-state index in [0.717, 1.165) is 18.9 Å². The first-order chi connectivity index (χ1) is 24.6. The first kappa shape index (κ1) is 33.3. The first-order valence-electron chi connectivity index (χ1n) is 15.4. The molecule has 5 heterocycles. The molecule has 3 aromatic rings. The number of amidine groups is 1. The molecule has 0 bridgehead atoms. The van der Waals surface area contributed by atoms with E-state index in [9.17, 15) is 43.5 Å². The summed E-state index contributed by atoms with van der Waals surface area (Å²) in [5.41, 5.74) is -2.88. The van der Waals surface area contributed by atoms with Crippen LogP contribution in [0.2, 0.25) is 0 Å². The number of fused-ring (bicyclic) bond motifs is 2. The van der Waals surface area contributed by atoms with Gasteiger partial charge in [0.05, 0.1) is 17.1 Å². The van der Waals surface area contributed by atoms with Crippen LogP contribution in [0.25, 0.3) is 11.4 Å². The molecule has 0 saturated carbocycles. The Morgan fingerprint density at radius 1 is 0.577 bits per heavy atom. The Bertz CT molecular complexity index is 2490. The third-order valence-electron chi connectivity index (χ3n) is 9.23. The van der Waals surface area contributed by atoms with Gasteiger partial charge in [-0.2, -0.15) is 0 Å². The van der Waals surface area contributed by atoms with E-state index in [1.54, 1.807) is 30.3 Å². The number of likely N-dealkylation sites (N-methyl/N-ethyl adjacent to an activating group) is 4. The van der Waals surface area contributed by atoms with Crippen LogP contribution in [0, 0.1) is 0 Å². The number of para-hydroxylation sites is 1. The van der Waals surface area contributed by atoms with Crippen LogP contribution in [0.1, 0.15) is 27.8 Å². The van der Waals surface area contributed by atoms with Gasteiger partial charge in [-0.25, -0.2) is 24.4 Å². The van der Waals surface area contributed by atoms with Crippen molar-refractivity contribution in [3.63, 3.8) is 0 Å². The summed E-state index contributed by atoms with van der Waals surface area (Å²) in [6.07, 6.45) is 0. The lowest BCUT2D eigenvalue weighted by atomic mass is 9.91. The van der Waals surface area contributed by atoms with Crippen LogP contribution >= 0.6 is 0 Å². The fourth-order valence-electron chi connectivity index (χ4n) is 6.27. The molecule has 18 heteroatoms. The number of aliphatic imine (C=N–C) groups is 2. The number of carbonyl (C=O) groups excluding carboxylic acids is 6. The van der Waals surface area contributed by atoms with Gasteiger partial charge >= 0.3 is 17.8 Å². The summed E-state index contributed by atoms with van der Waals surface area (Å²) in [5, 5.41) is 14.3. The van der Waals surface area contributed by atoms with E-state index >= 15 is 0 Å². The number of hydrogen-bond acceptors (Lipinski definition) is 12. The van der Waals surface area contributed by atoms with E-state index < -0.39 is 69.5 Å². The second-order valence-corrected chi connectivity index (χ2v) is 12.2. The number of urea groups is 2. The third kappa shape index (κ3) is 4.50. The van der Waals surface area contributed by atoms with Gasteiger partial charge in [-0.05, 0) is 24.3 Å². The van der Waals surface area contributed by atoms with Gasteiger partial charge in [0.2, 0.25) is 5.88 Å². The summed E-state index contributed by atoms with van der Waals surface area (Å²) in [4.78, 5) is 118. The molecule has 2 aromatic carbocycles. The summed E-state index contributed by atoms with van der Waals surface area (Å²) in [6.45, 7) is 0. The average Bonchev–Trinajstić information content (AvgIpc) is 3.67. The number of imide groups is 4. The largest absolute Gasteiger partial charge is 0.494 e. The number of aromatic hydroxyl groups is 1. The van der Waals surface area contributed by atoms with Crippen molar-refractivity contribution < 1.29 is 33.9 Å². The summed E-state index contributed by atoms with van der Waals surface area (Å²) < 4.78 is 1.53. The van der Waals surface area contributed by atoms with E-state index in [4.69, 9.17) is 0 Å². The van der Waals surface area contributed by atoms with E-state index in [1.807, 2.05) is 0 Å². The number of nitrogens with one attached hydrogen (secondary N) is 1. The van der Waals surface area contributed by atoms with Crippen LogP contribution in [0.4, 0.5) is 15.3 Å². The molecule has 0 aliphatic carbocycles. The number of amides is 8. The van der Waals surface area contributed by atoms with Crippen molar-refractivity contribution in [3.8, 4) is 5.88 Å². The number of hydrogen-bond donors (Lipinski definition) is 2. The molecule has 2 N–H and O–H groups in total. The van der Waals surface area contributed by atoms with Crippen molar-refractivity contribution in [1.82, 2.24) is 28.7 Å². The zero-order valence-electron chi connectivity index (χ0n) is 28.3. The monoisotopic (exact) mass is 705 g/mol. The highest BCUT2D eigenvalue weighted by molar-refractivity contribution is 6.36. The van der Waals surface area contributed by atoms with Gasteiger partial charge in [0, 0.05) is 70.2 Å². The van der Waals surface area contributed by atoms with Gasteiger partial charge in [-0.3, -0.25) is 52.7 Å². The molecule has 0 radical (unpaired) electrons. The Kier molecular flexibility index (Phi) is 7.30. The zero-order chi connectivity index (χ0) is 37.7. The van der Waals surface area contributed by atoms with Gasteiger partial charge in [0.15, 0.2) is 0 Å². The summed E-state index contributed by atoms with van der Waals surface area (Å²) in [6, 6.07) is 9.88. The number of barbiturate groups is 2. The average molecular weight is 706 g/mol. The number of rotatable bonds is 2. The van der Waals surface area contributed by atoms with Crippen LogP contribution in [0.5, 0.6) is 5.88 Å². The molecule has 4 aliphatic rings. The van der Waals surface area contributed by atoms with Gasteiger partial charge in [0.1, 0.15) is 22.5 Å². The normalized spacial score (nSPS) is 17.4. The van der Waals surface area contributed by atoms with Gasteiger partial charge in [-0.15, -0.1) is 0 Å². The highest BCUT2D eigenvalue weighted by Gasteiger charge is 2.45. The minimum atomic E-state index is -0.995. The van der Waals surface area contributed by atoms with Gasteiger partial charge in [-0.1, -0.05) is 18.2 Å². The number of anilines is 1. The van der Waals surface area contributed by atoms with Crippen molar-refractivity contribution in [2.45, 2.75) is 0 Å². The Labute approximate surface area is 292 Å². The zero-order valence-corrected chi connectivity index (χ0v) is 28.3. The fraction of sp³-hybridized carbons (Fsp3) is 0.176. The molecule has 2 fully saturated rings. The van der Waals surface area contributed by atoms with E-state index in [1.165, 1.54) is 54.4 Å². The minimum Gasteiger partial charge on any atom is -0.494 e. The van der Waals surface area contributed by atoms with E-state index in [0.29, 0.717) is 15.5 Å². The van der Waals surface area contributed by atoms with Crippen molar-refractivity contribution in [2.75, 3.05) is 33.5 Å². The molecular formula is C34H27N9O9. The molecular weight excluding hydrogens is 678 g/mol. The second kappa shape index (κ2) is 11.4. The fourth-order valence-corrected chi connectivity index (χ4v) is 6.27. The van der Waals surface area contributed by atoms with Crippen molar-refractivity contribution in [1.29, 1.82) is 0 Å². The van der Waals surface area contributed by atoms with E-state index in [-0.39, 0.29) is 45.2 Å². The van der Waals surface area contributed by atoms with Crippen LogP contribution in [-0.4, -0.2) is 109 Å². The van der Waals surface area contributed by atoms with Crippen LogP contribution < -0.4 is 16.6 Å². The highest BCUT2D eigenvalue weighted by atomic mass is 16.3. The van der Waals surface area contributed by atoms with Crippen LogP contribution in [0.3, 0.4) is 0 Å². The van der Waals surface area contributed by atoms with Crippen molar-refractivity contribution >= 4 is 64.3 Å². The maximum absolute atomic E-state index is 13.6. The van der Waals surface area contributed by atoms with Gasteiger partial charge < -0.3 is 10.4 Å². The third-order valence-corrected chi connectivity index (χ3v) is 9.23. The molecule has 0 unspecified atom stereocenters. The lowest BCUT2D eigenvalue weighted by Gasteiger charge is -2.29. The Morgan fingerprint density at radius 3 is 1.56 bits per heavy atom. The predicted molar refractivity (Wildman–Crippen MR) is 183 cm³/mol. The van der Waals surface area contributed by atoms with E-state index in [2.05, 4.69) is 15.3 Å². The molecule has 0 atom stereocenters. The maximum Gasteiger partial charge on any atom is 0.333 e. The molecule has 2 saturated heterocycles. The minimum absolute atomic E-state index is 0.0397. The Hall–Kier alpha value is -7.24. The number of benzene rings is 2. The predicted octanol–water partition coefficient (Wildman–Crippen LogP) is 0.0359. The molecule has 4 aliphatic heterocycles. The molecule has 1 aromatic heterocycles. The Morgan fingerprint density at radius 2 is 1.04 bits per heavy atom. The lowest BCUT2D eigenvalue weighted by molar-refractivity contribution is -0.136. The molecule has 18 nitrogen and oxygen atoms in total. The lowest BCUT2D eigenvalue weighted by Crippen LogP contribution is -2.53. The summed E-state index contributed by atoms with van der Waals surface area (Å²) in [7, 11) is 7.17. The molecule has 52 heavy (non-hydrogen) atoms. The smallest absolute Gasteiger partial charge is 0.333 e. The maximum atomic E-state index is 13.6. The van der Waals surface area contributed by atoms with Crippen LogP contribution in [-0.2, 0) is 33.3 Å². The van der Waals surface area contributed by atoms with Crippen molar-refractivity contribution in [2.24, 2.45) is 24.1 Å². The number of nitrogens with zero attached hydrogens (tertiary/aromatic N) is 8. The molecule has 262 valence electrons. The standard InChI is InChI=1S/C34H27N9O9/c1-38-26(44)19(27(45)39(2)32(38)50)22-15-12-17-18(13-16(15)23(36-22)20-28(46)40(3)33(51)41(4)29(20)47)25(35-14-10-8-7-9-11-14)37-24(17)21-30(48)42(5)34(52)43(6)31(21)49/h7-13,44H,1-6H3,(H,35,37). The quantitative estimate of drug-likeness (QED) is 0.270. The summed E-state index contributed by atoms with van der Waals surface area (Å²) in [5.74, 6) is -4.52. The summed E-state index contributed by atoms with van der Waals surface area (Å²) >= 11 is 0. The Balaban J connectivity index is 1.59. The molecule has 0 spiro atoms.